The molecule has 0 saturated carbocycles. The molecule has 110 valence electrons. The predicted octanol–water partition coefficient (Wildman–Crippen LogP) is 1.76. The largest absolute Gasteiger partial charge is 0.382 e. The molecule has 0 aliphatic carbocycles. The number of hydrogen-bond acceptors (Lipinski definition) is 3. The summed E-state index contributed by atoms with van der Waals surface area (Å²) in [6.07, 6.45) is 0.291. The molecule has 3 N–H and O–H groups in total. The topological polar surface area (TPSA) is 70.2 Å². The predicted molar refractivity (Wildman–Crippen MR) is 80.8 cm³/mol. The quantitative estimate of drug-likeness (QED) is 0.711. The maximum absolute atomic E-state index is 12.1. The van der Waals surface area contributed by atoms with E-state index in [1.54, 1.807) is 6.07 Å². The van der Waals surface area contributed by atoms with Crippen LogP contribution in [0.25, 0.3) is 0 Å². The van der Waals surface area contributed by atoms with Crippen molar-refractivity contribution < 1.29 is 9.59 Å². The maximum atomic E-state index is 12.1. The monoisotopic (exact) mass is 277 g/mol. The van der Waals surface area contributed by atoms with Crippen LogP contribution >= 0.6 is 0 Å². The molecule has 0 heterocycles. The van der Waals surface area contributed by atoms with Crippen LogP contribution in [0.3, 0.4) is 0 Å². The first kappa shape index (κ1) is 16.0. The first-order chi connectivity index (χ1) is 9.54. The zero-order valence-electron chi connectivity index (χ0n) is 12.3. The van der Waals surface area contributed by atoms with Crippen molar-refractivity contribution in [1.29, 1.82) is 0 Å². The summed E-state index contributed by atoms with van der Waals surface area (Å²) in [6, 6.07) is 7.60. The SMILES string of the molecule is CCNC(=O)CCNC(=O)c1ccccc1NC(C)C. The minimum atomic E-state index is -0.168. The first-order valence-corrected chi connectivity index (χ1v) is 6.95. The molecule has 2 amide bonds. The highest BCUT2D eigenvalue weighted by atomic mass is 16.2. The van der Waals surface area contributed by atoms with E-state index < -0.39 is 0 Å². The van der Waals surface area contributed by atoms with Gasteiger partial charge < -0.3 is 16.0 Å². The number of nitrogens with one attached hydrogen (secondary N) is 3. The molecule has 0 aromatic heterocycles. The minimum Gasteiger partial charge on any atom is -0.382 e. The van der Waals surface area contributed by atoms with E-state index in [-0.39, 0.29) is 17.9 Å². The number of carbonyl (C=O) groups is 2. The second kappa shape index (κ2) is 8.19. The fourth-order valence-corrected chi connectivity index (χ4v) is 1.79. The molecule has 0 aliphatic rings. The van der Waals surface area contributed by atoms with Crippen molar-refractivity contribution in [3.05, 3.63) is 29.8 Å². The van der Waals surface area contributed by atoms with Gasteiger partial charge in [-0.05, 0) is 32.9 Å². The van der Waals surface area contributed by atoms with E-state index in [2.05, 4.69) is 16.0 Å². The third kappa shape index (κ3) is 5.30. The van der Waals surface area contributed by atoms with Crippen LogP contribution in [-0.4, -0.2) is 30.9 Å². The third-order valence-electron chi connectivity index (χ3n) is 2.63. The molecule has 5 heteroatoms. The Hall–Kier alpha value is -2.04. The number of anilines is 1. The summed E-state index contributed by atoms with van der Waals surface area (Å²) in [4.78, 5) is 23.4. The van der Waals surface area contributed by atoms with E-state index in [4.69, 9.17) is 0 Å². The summed E-state index contributed by atoms with van der Waals surface area (Å²) in [5, 5.41) is 8.69. The number of benzene rings is 1. The molecule has 0 bridgehead atoms. The lowest BCUT2D eigenvalue weighted by molar-refractivity contribution is -0.120. The number of para-hydroxylation sites is 1. The van der Waals surface area contributed by atoms with Crippen LogP contribution in [-0.2, 0) is 4.79 Å². The molecule has 0 unspecified atom stereocenters. The molecule has 20 heavy (non-hydrogen) atoms. The Bertz CT molecular complexity index is 458. The molecular formula is C15H23N3O2. The van der Waals surface area contributed by atoms with Crippen molar-refractivity contribution >= 4 is 17.5 Å². The van der Waals surface area contributed by atoms with Gasteiger partial charge >= 0.3 is 0 Å². The fourth-order valence-electron chi connectivity index (χ4n) is 1.79. The molecule has 0 spiro atoms. The molecule has 0 aliphatic heterocycles. The highest BCUT2D eigenvalue weighted by Crippen LogP contribution is 2.15. The highest BCUT2D eigenvalue weighted by molar-refractivity contribution is 5.99. The summed E-state index contributed by atoms with van der Waals surface area (Å²) in [5.74, 6) is -0.223. The fraction of sp³-hybridized carbons (Fsp3) is 0.467. The van der Waals surface area contributed by atoms with Gasteiger partial charge in [-0.15, -0.1) is 0 Å². The van der Waals surface area contributed by atoms with Gasteiger partial charge in [0.1, 0.15) is 0 Å². The van der Waals surface area contributed by atoms with Crippen LogP contribution in [0.4, 0.5) is 5.69 Å². The van der Waals surface area contributed by atoms with Crippen molar-refractivity contribution in [1.82, 2.24) is 10.6 Å². The van der Waals surface area contributed by atoms with E-state index in [9.17, 15) is 9.59 Å². The second-order valence-electron chi connectivity index (χ2n) is 4.80. The van der Waals surface area contributed by atoms with Gasteiger partial charge in [-0.1, -0.05) is 12.1 Å². The van der Waals surface area contributed by atoms with Crippen LogP contribution in [0.1, 0.15) is 37.6 Å². The lowest BCUT2D eigenvalue weighted by Gasteiger charge is -2.14. The van der Waals surface area contributed by atoms with Crippen molar-refractivity contribution in [2.75, 3.05) is 18.4 Å². The Morgan fingerprint density at radius 3 is 2.50 bits per heavy atom. The Morgan fingerprint density at radius 2 is 1.85 bits per heavy atom. The van der Waals surface area contributed by atoms with Gasteiger partial charge in [0.05, 0.1) is 5.56 Å². The van der Waals surface area contributed by atoms with Gasteiger partial charge in [-0.2, -0.15) is 0 Å². The standard InChI is InChI=1S/C15H23N3O2/c1-4-16-14(19)9-10-17-15(20)12-7-5-6-8-13(12)18-11(2)3/h5-8,11,18H,4,9-10H2,1-3H3,(H,16,19)(H,17,20). The summed E-state index contributed by atoms with van der Waals surface area (Å²) in [6.45, 7) is 6.84. The number of carbonyl (C=O) groups excluding carboxylic acids is 2. The molecule has 0 saturated heterocycles. The molecule has 1 rings (SSSR count). The van der Waals surface area contributed by atoms with E-state index in [1.807, 2.05) is 39.0 Å². The zero-order chi connectivity index (χ0) is 15.0. The van der Waals surface area contributed by atoms with E-state index >= 15 is 0 Å². The average molecular weight is 277 g/mol. The Labute approximate surface area is 120 Å². The molecule has 1 aromatic rings. The Morgan fingerprint density at radius 1 is 1.15 bits per heavy atom. The molecule has 0 radical (unpaired) electrons. The molecule has 1 aromatic carbocycles. The van der Waals surface area contributed by atoms with Crippen molar-refractivity contribution in [3.63, 3.8) is 0 Å². The van der Waals surface area contributed by atoms with Gasteiger partial charge in [0, 0.05) is 31.2 Å². The van der Waals surface area contributed by atoms with E-state index in [0.717, 1.165) is 5.69 Å². The summed E-state index contributed by atoms with van der Waals surface area (Å²) in [5.41, 5.74) is 1.40. The van der Waals surface area contributed by atoms with Crippen LogP contribution in [0.5, 0.6) is 0 Å². The van der Waals surface area contributed by atoms with Gasteiger partial charge in [-0.3, -0.25) is 9.59 Å². The average Bonchev–Trinajstić information content (AvgIpc) is 2.38. The second-order valence-corrected chi connectivity index (χ2v) is 4.80. The highest BCUT2D eigenvalue weighted by Gasteiger charge is 2.11. The summed E-state index contributed by atoms with van der Waals surface area (Å²) in [7, 11) is 0. The van der Waals surface area contributed by atoms with Gasteiger partial charge in [-0.25, -0.2) is 0 Å². The van der Waals surface area contributed by atoms with E-state index in [0.29, 0.717) is 25.1 Å². The Kier molecular flexibility index (Phi) is 6.56. The normalized spacial score (nSPS) is 10.2. The van der Waals surface area contributed by atoms with Crippen LogP contribution in [0, 0.1) is 0 Å². The molecule has 0 fully saturated rings. The van der Waals surface area contributed by atoms with Crippen molar-refractivity contribution in [2.24, 2.45) is 0 Å². The molecule has 5 nitrogen and oxygen atoms in total. The van der Waals surface area contributed by atoms with Gasteiger partial charge in [0.2, 0.25) is 5.91 Å². The lowest BCUT2D eigenvalue weighted by Crippen LogP contribution is -2.31. The van der Waals surface area contributed by atoms with Gasteiger partial charge in [0.25, 0.3) is 5.91 Å². The molecular weight excluding hydrogens is 254 g/mol. The van der Waals surface area contributed by atoms with Crippen molar-refractivity contribution in [3.8, 4) is 0 Å². The third-order valence-corrected chi connectivity index (χ3v) is 2.63. The lowest BCUT2D eigenvalue weighted by atomic mass is 10.1. The summed E-state index contributed by atoms with van der Waals surface area (Å²) < 4.78 is 0. The van der Waals surface area contributed by atoms with Crippen LogP contribution in [0.2, 0.25) is 0 Å². The maximum Gasteiger partial charge on any atom is 0.253 e. The van der Waals surface area contributed by atoms with Crippen LogP contribution < -0.4 is 16.0 Å². The smallest absolute Gasteiger partial charge is 0.253 e. The molecule has 0 atom stereocenters. The van der Waals surface area contributed by atoms with Crippen LogP contribution in [0.15, 0.2) is 24.3 Å². The zero-order valence-corrected chi connectivity index (χ0v) is 12.3. The summed E-state index contributed by atoms with van der Waals surface area (Å²) >= 11 is 0. The Balaban J connectivity index is 2.57. The van der Waals surface area contributed by atoms with E-state index in [1.165, 1.54) is 0 Å². The minimum absolute atomic E-state index is 0.0543. The van der Waals surface area contributed by atoms with Crippen molar-refractivity contribution in [2.45, 2.75) is 33.2 Å². The van der Waals surface area contributed by atoms with Gasteiger partial charge in [0.15, 0.2) is 0 Å². The number of rotatable bonds is 7. The number of amides is 2. The first-order valence-electron chi connectivity index (χ1n) is 6.95. The number of hydrogen-bond donors (Lipinski definition) is 3.